The average Bonchev–Trinajstić information content (AvgIpc) is 2.69. The molecule has 27 heavy (non-hydrogen) atoms. The van der Waals surface area contributed by atoms with Crippen molar-refractivity contribution in [3.05, 3.63) is 99.8 Å². The van der Waals surface area contributed by atoms with Gasteiger partial charge in [0.25, 0.3) is 0 Å². The maximum Gasteiger partial charge on any atom is 0.137 e. The van der Waals surface area contributed by atoms with Crippen molar-refractivity contribution in [2.45, 2.75) is 13.0 Å². The van der Waals surface area contributed by atoms with Crippen LogP contribution in [0.4, 0.5) is 5.82 Å². The molecule has 134 valence electrons. The minimum atomic E-state index is 0.650. The summed E-state index contributed by atoms with van der Waals surface area (Å²) < 4.78 is 0. The Morgan fingerprint density at radius 2 is 1.33 bits per heavy atom. The number of benzene rings is 3. The van der Waals surface area contributed by atoms with Crippen LogP contribution in [0.3, 0.4) is 0 Å². The van der Waals surface area contributed by atoms with Crippen LogP contribution in [0.1, 0.15) is 17.0 Å². The third kappa shape index (κ3) is 4.38. The lowest BCUT2D eigenvalue weighted by atomic mass is 10.1. The molecule has 3 nitrogen and oxygen atoms in total. The summed E-state index contributed by atoms with van der Waals surface area (Å²) in [5.41, 5.74) is 3.19. The van der Waals surface area contributed by atoms with Gasteiger partial charge < -0.3 is 5.32 Å². The summed E-state index contributed by atoms with van der Waals surface area (Å²) >= 11 is 11.9. The molecule has 1 aromatic heterocycles. The SMILES string of the molecule is Clc1ccc(CNc2nc(Cc3ccc(Cl)cc3)nc3ccccc23)cc1. The van der Waals surface area contributed by atoms with Crippen LogP contribution in [0.15, 0.2) is 72.8 Å². The molecule has 0 aliphatic rings. The molecule has 5 heteroatoms. The zero-order valence-electron chi connectivity index (χ0n) is 14.5. The van der Waals surface area contributed by atoms with Crippen LogP contribution in [-0.4, -0.2) is 9.97 Å². The van der Waals surface area contributed by atoms with E-state index in [1.165, 1.54) is 0 Å². The highest BCUT2D eigenvalue weighted by Gasteiger charge is 2.08. The molecule has 4 rings (SSSR count). The van der Waals surface area contributed by atoms with Gasteiger partial charge in [-0.2, -0.15) is 0 Å². The predicted octanol–water partition coefficient (Wildman–Crippen LogP) is 6.14. The first kappa shape index (κ1) is 17.8. The molecule has 0 aliphatic heterocycles. The topological polar surface area (TPSA) is 37.8 Å². The van der Waals surface area contributed by atoms with Gasteiger partial charge in [-0.05, 0) is 47.5 Å². The van der Waals surface area contributed by atoms with Crippen molar-refractivity contribution in [1.82, 2.24) is 9.97 Å². The maximum atomic E-state index is 5.98. The molecule has 0 aliphatic carbocycles. The molecule has 0 amide bonds. The standard InChI is InChI=1S/C22H17Cl2N3/c23-17-9-5-15(6-10-17)13-21-26-20-4-2-1-3-19(20)22(27-21)25-14-16-7-11-18(24)12-8-16/h1-12H,13-14H2,(H,25,26,27). The molecule has 0 unspecified atom stereocenters. The normalized spacial score (nSPS) is 10.9. The third-order valence-corrected chi connectivity index (χ3v) is 4.80. The van der Waals surface area contributed by atoms with Gasteiger partial charge in [-0.15, -0.1) is 0 Å². The largest absolute Gasteiger partial charge is 0.365 e. The molecule has 4 aromatic rings. The summed E-state index contributed by atoms with van der Waals surface area (Å²) in [6.07, 6.45) is 0.650. The number of rotatable bonds is 5. The second kappa shape index (κ2) is 7.95. The van der Waals surface area contributed by atoms with Gasteiger partial charge in [0.2, 0.25) is 0 Å². The number of nitrogens with zero attached hydrogens (tertiary/aromatic N) is 2. The van der Waals surface area contributed by atoms with E-state index in [0.29, 0.717) is 13.0 Å². The van der Waals surface area contributed by atoms with E-state index in [4.69, 9.17) is 33.2 Å². The first-order valence-electron chi connectivity index (χ1n) is 8.66. The first-order valence-corrected chi connectivity index (χ1v) is 9.41. The number of nitrogens with one attached hydrogen (secondary N) is 1. The van der Waals surface area contributed by atoms with Gasteiger partial charge in [0, 0.05) is 28.4 Å². The lowest BCUT2D eigenvalue weighted by Crippen LogP contribution is -2.06. The van der Waals surface area contributed by atoms with E-state index < -0.39 is 0 Å². The molecule has 0 saturated heterocycles. The van der Waals surface area contributed by atoms with Gasteiger partial charge in [-0.3, -0.25) is 0 Å². The zero-order valence-corrected chi connectivity index (χ0v) is 16.0. The van der Waals surface area contributed by atoms with Gasteiger partial charge >= 0.3 is 0 Å². The van der Waals surface area contributed by atoms with E-state index >= 15 is 0 Å². The van der Waals surface area contributed by atoms with Crippen molar-refractivity contribution >= 4 is 39.9 Å². The molecule has 1 N–H and O–H groups in total. The van der Waals surface area contributed by atoms with E-state index in [2.05, 4.69) is 5.32 Å². The van der Waals surface area contributed by atoms with Gasteiger partial charge in [0.1, 0.15) is 11.6 Å². The fraction of sp³-hybridized carbons (Fsp3) is 0.0909. The van der Waals surface area contributed by atoms with E-state index in [-0.39, 0.29) is 0 Å². The Kier molecular flexibility index (Phi) is 5.23. The van der Waals surface area contributed by atoms with E-state index in [0.717, 1.165) is 43.7 Å². The number of para-hydroxylation sites is 1. The molecule has 0 saturated carbocycles. The Bertz CT molecular complexity index is 1060. The Balaban J connectivity index is 1.63. The second-order valence-electron chi connectivity index (χ2n) is 6.29. The minimum Gasteiger partial charge on any atom is -0.365 e. The van der Waals surface area contributed by atoms with E-state index in [9.17, 15) is 0 Å². The van der Waals surface area contributed by atoms with Crippen molar-refractivity contribution in [2.75, 3.05) is 5.32 Å². The Hall–Kier alpha value is -2.62. The molecule has 0 atom stereocenters. The van der Waals surface area contributed by atoms with Crippen LogP contribution in [0.25, 0.3) is 10.9 Å². The summed E-state index contributed by atoms with van der Waals surface area (Å²) in [7, 11) is 0. The van der Waals surface area contributed by atoms with Crippen LogP contribution in [0, 0.1) is 0 Å². The van der Waals surface area contributed by atoms with Gasteiger partial charge in [-0.25, -0.2) is 9.97 Å². The monoisotopic (exact) mass is 393 g/mol. The molecule has 0 bridgehead atoms. The molecule has 1 heterocycles. The molecule has 0 spiro atoms. The van der Waals surface area contributed by atoms with Gasteiger partial charge in [0.15, 0.2) is 0 Å². The average molecular weight is 394 g/mol. The Morgan fingerprint density at radius 1 is 0.704 bits per heavy atom. The number of hydrogen-bond acceptors (Lipinski definition) is 3. The fourth-order valence-corrected chi connectivity index (χ4v) is 3.16. The number of aromatic nitrogens is 2. The van der Waals surface area contributed by atoms with Gasteiger partial charge in [0.05, 0.1) is 5.52 Å². The van der Waals surface area contributed by atoms with Crippen molar-refractivity contribution in [3.63, 3.8) is 0 Å². The van der Waals surface area contributed by atoms with Crippen LogP contribution >= 0.6 is 23.2 Å². The second-order valence-corrected chi connectivity index (χ2v) is 7.16. The number of anilines is 1. The van der Waals surface area contributed by atoms with Crippen molar-refractivity contribution in [2.24, 2.45) is 0 Å². The quantitative estimate of drug-likeness (QED) is 0.442. The third-order valence-electron chi connectivity index (χ3n) is 4.30. The molecule has 3 aromatic carbocycles. The van der Waals surface area contributed by atoms with Crippen molar-refractivity contribution in [1.29, 1.82) is 0 Å². The minimum absolute atomic E-state index is 0.650. The summed E-state index contributed by atoms with van der Waals surface area (Å²) in [5, 5.41) is 5.91. The van der Waals surface area contributed by atoms with Crippen molar-refractivity contribution < 1.29 is 0 Å². The van der Waals surface area contributed by atoms with Crippen molar-refractivity contribution in [3.8, 4) is 0 Å². The van der Waals surface area contributed by atoms with Gasteiger partial charge in [-0.1, -0.05) is 59.6 Å². The summed E-state index contributed by atoms with van der Waals surface area (Å²) in [4.78, 5) is 9.49. The zero-order chi connectivity index (χ0) is 18.6. The summed E-state index contributed by atoms with van der Waals surface area (Å²) in [6, 6.07) is 23.6. The summed E-state index contributed by atoms with van der Waals surface area (Å²) in [5.74, 6) is 1.61. The Morgan fingerprint density at radius 3 is 2.04 bits per heavy atom. The van der Waals surface area contributed by atoms with Crippen LogP contribution in [-0.2, 0) is 13.0 Å². The van der Waals surface area contributed by atoms with Crippen LogP contribution in [0.5, 0.6) is 0 Å². The highest BCUT2D eigenvalue weighted by Crippen LogP contribution is 2.22. The molecule has 0 fully saturated rings. The Labute approximate surface area is 168 Å². The van der Waals surface area contributed by atoms with Crippen LogP contribution in [0.2, 0.25) is 10.0 Å². The van der Waals surface area contributed by atoms with E-state index in [1.54, 1.807) is 0 Å². The van der Waals surface area contributed by atoms with E-state index in [1.807, 2.05) is 72.8 Å². The summed E-state index contributed by atoms with van der Waals surface area (Å²) in [6.45, 7) is 0.665. The number of hydrogen-bond donors (Lipinski definition) is 1. The smallest absolute Gasteiger partial charge is 0.137 e. The fourth-order valence-electron chi connectivity index (χ4n) is 2.91. The highest BCUT2D eigenvalue weighted by molar-refractivity contribution is 6.30. The molecular weight excluding hydrogens is 377 g/mol. The number of halogens is 2. The predicted molar refractivity (Wildman–Crippen MR) is 113 cm³/mol. The number of fused-ring (bicyclic) bond motifs is 1. The highest BCUT2D eigenvalue weighted by atomic mass is 35.5. The first-order chi connectivity index (χ1) is 13.2. The lowest BCUT2D eigenvalue weighted by Gasteiger charge is -2.11. The maximum absolute atomic E-state index is 5.98. The lowest BCUT2D eigenvalue weighted by molar-refractivity contribution is 0.981. The molecular formula is C22H17Cl2N3. The molecule has 0 radical (unpaired) electrons. The van der Waals surface area contributed by atoms with Crippen LogP contribution < -0.4 is 5.32 Å².